The van der Waals surface area contributed by atoms with Gasteiger partial charge in [-0.15, -0.1) is 5.10 Å². The predicted octanol–water partition coefficient (Wildman–Crippen LogP) is 2.41. The van der Waals surface area contributed by atoms with E-state index < -0.39 is 23.7 Å². The second kappa shape index (κ2) is 8.59. The second-order valence-corrected chi connectivity index (χ2v) is 6.87. The number of nitrogens with zero attached hydrogens (tertiary/aromatic N) is 4. The van der Waals surface area contributed by atoms with Crippen LogP contribution < -0.4 is 10.6 Å². The van der Waals surface area contributed by atoms with Gasteiger partial charge in [-0.1, -0.05) is 38.1 Å². The standard InChI is InChI=1S/C20H21FN6O2/c1-12(2)17(23-19(28)15-9-4-5-10-16(15)21)20(29)22-14-8-6-7-13(11-14)18-24-25-26-27(18)3/h4-12,17H,1-3H3,(H,22,29)(H,23,28)/t17-/m0/s1. The van der Waals surface area contributed by atoms with Crippen LogP contribution >= 0.6 is 0 Å². The van der Waals surface area contributed by atoms with E-state index in [0.29, 0.717) is 11.5 Å². The Morgan fingerprint density at radius 1 is 1.10 bits per heavy atom. The number of anilines is 1. The monoisotopic (exact) mass is 396 g/mol. The number of amides is 2. The molecule has 3 aromatic rings. The largest absolute Gasteiger partial charge is 0.340 e. The van der Waals surface area contributed by atoms with Gasteiger partial charge in [-0.05, 0) is 40.6 Å². The molecule has 9 heteroatoms. The van der Waals surface area contributed by atoms with Crippen LogP contribution in [0.15, 0.2) is 48.5 Å². The van der Waals surface area contributed by atoms with Gasteiger partial charge in [-0.25, -0.2) is 9.07 Å². The quantitative estimate of drug-likeness (QED) is 0.666. The van der Waals surface area contributed by atoms with Crippen LogP contribution in [0.4, 0.5) is 10.1 Å². The second-order valence-electron chi connectivity index (χ2n) is 6.87. The van der Waals surface area contributed by atoms with E-state index in [1.165, 1.54) is 22.9 Å². The molecule has 0 fully saturated rings. The zero-order valence-electron chi connectivity index (χ0n) is 16.3. The van der Waals surface area contributed by atoms with Crippen LogP contribution in [0.1, 0.15) is 24.2 Å². The number of carbonyl (C=O) groups excluding carboxylic acids is 2. The Hall–Kier alpha value is -3.62. The van der Waals surface area contributed by atoms with Crippen LogP contribution in [0, 0.1) is 11.7 Å². The minimum absolute atomic E-state index is 0.109. The number of carbonyl (C=O) groups is 2. The van der Waals surface area contributed by atoms with Crippen molar-refractivity contribution in [3.05, 3.63) is 59.9 Å². The van der Waals surface area contributed by atoms with E-state index in [-0.39, 0.29) is 11.5 Å². The lowest BCUT2D eigenvalue weighted by Crippen LogP contribution is -2.47. The van der Waals surface area contributed by atoms with Crippen molar-refractivity contribution in [2.24, 2.45) is 13.0 Å². The van der Waals surface area contributed by atoms with Gasteiger partial charge in [0, 0.05) is 18.3 Å². The zero-order chi connectivity index (χ0) is 21.0. The molecule has 150 valence electrons. The van der Waals surface area contributed by atoms with Gasteiger partial charge in [0.1, 0.15) is 11.9 Å². The highest BCUT2D eigenvalue weighted by molar-refractivity contribution is 6.01. The first-order valence-corrected chi connectivity index (χ1v) is 9.06. The van der Waals surface area contributed by atoms with E-state index in [0.717, 1.165) is 5.56 Å². The summed E-state index contributed by atoms with van der Waals surface area (Å²) in [5.74, 6) is -1.35. The van der Waals surface area contributed by atoms with E-state index in [1.54, 1.807) is 45.2 Å². The molecule has 3 rings (SSSR count). The van der Waals surface area contributed by atoms with Gasteiger partial charge in [0.05, 0.1) is 5.56 Å². The molecule has 0 bridgehead atoms. The maximum atomic E-state index is 13.9. The number of hydrogen-bond acceptors (Lipinski definition) is 5. The molecule has 2 aromatic carbocycles. The Bertz CT molecular complexity index is 1030. The van der Waals surface area contributed by atoms with Crippen molar-refractivity contribution in [3.63, 3.8) is 0 Å². The summed E-state index contributed by atoms with van der Waals surface area (Å²) in [4.78, 5) is 25.2. The third-order valence-electron chi connectivity index (χ3n) is 4.36. The van der Waals surface area contributed by atoms with Gasteiger partial charge in [0.2, 0.25) is 5.91 Å². The predicted molar refractivity (Wildman–Crippen MR) is 105 cm³/mol. The minimum Gasteiger partial charge on any atom is -0.340 e. The lowest BCUT2D eigenvalue weighted by Gasteiger charge is -2.22. The number of rotatable bonds is 6. The number of tetrazole rings is 1. The fraction of sp³-hybridized carbons (Fsp3) is 0.250. The van der Waals surface area contributed by atoms with Gasteiger partial charge in [0.25, 0.3) is 5.91 Å². The van der Waals surface area contributed by atoms with Crippen LogP contribution in [-0.2, 0) is 11.8 Å². The SMILES string of the molecule is CC(C)[C@H](NC(=O)c1ccccc1F)C(=O)Nc1cccc(-c2nnnn2C)c1. The molecule has 0 aliphatic rings. The fourth-order valence-corrected chi connectivity index (χ4v) is 2.83. The molecule has 1 aromatic heterocycles. The van der Waals surface area contributed by atoms with Crippen molar-refractivity contribution in [2.45, 2.75) is 19.9 Å². The molecule has 0 spiro atoms. The van der Waals surface area contributed by atoms with Crippen molar-refractivity contribution >= 4 is 17.5 Å². The molecule has 0 saturated carbocycles. The van der Waals surface area contributed by atoms with Gasteiger partial charge in [-0.2, -0.15) is 0 Å². The van der Waals surface area contributed by atoms with E-state index in [4.69, 9.17) is 0 Å². The molecule has 29 heavy (non-hydrogen) atoms. The van der Waals surface area contributed by atoms with Crippen LogP contribution in [0.25, 0.3) is 11.4 Å². The van der Waals surface area contributed by atoms with Crippen LogP contribution in [0.3, 0.4) is 0 Å². The van der Waals surface area contributed by atoms with E-state index in [9.17, 15) is 14.0 Å². The summed E-state index contributed by atoms with van der Waals surface area (Å²) in [6.07, 6.45) is 0. The van der Waals surface area contributed by atoms with Crippen molar-refractivity contribution in [2.75, 3.05) is 5.32 Å². The van der Waals surface area contributed by atoms with Gasteiger partial charge in [-0.3, -0.25) is 9.59 Å². The molecule has 2 N–H and O–H groups in total. The highest BCUT2D eigenvalue weighted by Crippen LogP contribution is 2.20. The third-order valence-corrected chi connectivity index (χ3v) is 4.36. The number of aryl methyl sites for hydroxylation is 1. The third kappa shape index (κ3) is 4.63. The van der Waals surface area contributed by atoms with Crippen LogP contribution in [-0.4, -0.2) is 38.1 Å². The Morgan fingerprint density at radius 2 is 1.86 bits per heavy atom. The summed E-state index contributed by atoms with van der Waals surface area (Å²) in [5, 5.41) is 16.8. The topological polar surface area (TPSA) is 102 Å². The van der Waals surface area contributed by atoms with Gasteiger partial charge < -0.3 is 10.6 Å². The molecule has 1 atom stereocenters. The Morgan fingerprint density at radius 3 is 2.52 bits per heavy atom. The molecule has 8 nitrogen and oxygen atoms in total. The molecular weight excluding hydrogens is 375 g/mol. The highest BCUT2D eigenvalue weighted by atomic mass is 19.1. The number of hydrogen-bond donors (Lipinski definition) is 2. The molecule has 0 aliphatic carbocycles. The fourth-order valence-electron chi connectivity index (χ4n) is 2.83. The first-order chi connectivity index (χ1) is 13.9. The molecule has 0 radical (unpaired) electrons. The summed E-state index contributed by atoms with van der Waals surface area (Å²) >= 11 is 0. The zero-order valence-corrected chi connectivity index (χ0v) is 16.3. The minimum atomic E-state index is -0.845. The van der Waals surface area contributed by atoms with Crippen molar-refractivity contribution < 1.29 is 14.0 Å². The average molecular weight is 396 g/mol. The number of aromatic nitrogens is 4. The Kier molecular flexibility index (Phi) is 5.96. The Balaban J connectivity index is 1.76. The Labute approximate surface area is 167 Å². The van der Waals surface area contributed by atoms with Gasteiger partial charge in [0.15, 0.2) is 5.82 Å². The van der Waals surface area contributed by atoms with E-state index in [2.05, 4.69) is 26.2 Å². The lowest BCUT2D eigenvalue weighted by molar-refractivity contribution is -0.118. The first kappa shape index (κ1) is 20.1. The summed E-state index contributed by atoms with van der Waals surface area (Å²) < 4.78 is 15.4. The molecule has 2 amide bonds. The number of benzene rings is 2. The maximum Gasteiger partial charge on any atom is 0.254 e. The van der Waals surface area contributed by atoms with Gasteiger partial charge >= 0.3 is 0 Å². The molecule has 0 saturated heterocycles. The lowest BCUT2D eigenvalue weighted by atomic mass is 10.0. The summed E-state index contributed by atoms with van der Waals surface area (Å²) in [7, 11) is 1.72. The van der Waals surface area contributed by atoms with Crippen LogP contribution in [0.5, 0.6) is 0 Å². The van der Waals surface area contributed by atoms with Crippen LogP contribution in [0.2, 0.25) is 0 Å². The highest BCUT2D eigenvalue weighted by Gasteiger charge is 2.26. The summed E-state index contributed by atoms with van der Waals surface area (Å²) in [6, 6.07) is 11.8. The number of halogens is 1. The van der Waals surface area contributed by atoms with Crippen molar-refractivity contribution in [1.82, 2.24) is 25.5 Å². The summed E-state index contributed by atoms with van der Waals surface area (Å²) in [6.45, 7) is 3.60. The summed E-state index contributed by atoms with van der Waals surface area (Å²) in [5.41, 5.74) is 1.15. The number of nitrogens with one attached hydrogen (secondary N) is 2. The van der Waals surface area contributed by atoms with E-state index >= 15 is 0 Å². The maximum absolute atomic E-state index is 13.9. The first-order valence-electron chi connectivity index (χ1n) is 9.06. The van der Waals surface area contributed by atoms with Crippen molar-refractivity contribution in [1.29, 1.82) is 0 Å². The van der Waals surface area contributed by atoms with Crippen molar-refractivity contribution in [3.8, 4) is 11.4 Å². The molecule has 1 heterocycles. The average Bonchev–Trinajstić information content (AvgIpc) is 3.12. The smallest absolute Gasteiger partial charge is 0.254 e. The molecule has 0 unspecified atom stereocenters. The molecule has 0 aliphatic heterocycles. The van der Waals surface area contributed by atoms with E-state index in [1.807, 2.05) is 6.07 Å². The normalized spacial score (nSPS) is 11.9. The molecular formula is C20H21FN6O2.